The van der Waals surface area contributed by atoms with Crippen LogP contribution in [0.15, 0.2) is 35.9 Å². The number of nitrogens with zero attached hydrogens (tertiary/aromatic N) is 1. The van der Waals surface area contributed by atoms with E-state index < -0.39 is 24.2 Å². The molecule has 4 atom stereocenters. The molecule has 0 spiro atoms. The van der Waals surface area contributed by atoms with Gasteiger partial charge < -0.3 is 29.9 Å². The highest BCUT2D eigenvalue weighted by atomic mass is 16.5. The Hall–Kier alpha value is -2.42. The number of methoxy groups -OCH3 is 1. The molecule has 2 aliphatic carbocycles. The van der Waals surface area contributed by atoms with Crippen molar-refractivity contribution in [2.75, 3.05) is 26.9 Å². The minimum atomic E-state index is -0.978. The predicted molar refractivity (Wildman–Crippen MR) is 117 cm³/mol. The number of hydrogen-bond donors (Lipinski definition) is 3. The second-order valence-corrected chi connectivity index (χ2v) is 8.66. The molecule has 1 aromatic rings. The topological polar surface area (TPSA) is 108 Å². The minimum Gasteiger partial charge on any atom is -0.486 e. The number of benzene rings is 1. The van der Waals surface area contributed by atoms with E-state index in [0.717, 1.165) is 31.2 Å². The lowest BCUT2D eigenvalue weighted by molar-refractivity contribution is -0.141. The number of para-hydroxylation sites is 1. The van der Waals surface area contributed by atoms with Gasteiger partial charge in [-0.15, -0.1) is 0 Å². The molecule has 1 aliphatic heterocycles. The van der Waals surface area contributed by atoms with Crippen LogP contribution in [-0.2, 0) is 14.3 Å². The maximum Gasteiger partial charge on any atom is 0.247 e. The summed E-state index contributed by atoms with van der Waals surface area (Å²) in [7, 11) is 1.56. The van der Waals surface area contributed by atoms with Gasteiger partial charge in [0.15, 0.2) is 0 Å². The molecule has 0 bridgehead atoms. The molecule has 3 N–H and O–H groups in total. The molecule has 1 heterocycles. The Morgan fingerprint density at radius 3 is 2.72 bits per heavy atom. The Bertz CT molecular complexity index is 866. The molecule has 4 unspecified atom stereocenters. The lowest BCUT2D eigenvalue weighted by Gasteiger charge is -2.43. The van der Waals surface area contributed by atoms with E-state index in [1.807, 2.05) is 24.3 Å². The first kappa shape index (κ1) is 22.8. The predicted octanol–water partition coefficient (Wildman–Crippen LogP) is 1.12. The van der Waals surface area contributed by atoms with Crippen molar-refractivity contribution in [2.45, 2.75) is 62.3 Å². The maximum absolute atomic E-state index is 13.2. The Balaban J connectivity index is 1.73. The maximum atomic E-state index is 13.2. The number of aliphatic hydroxyl groups excluding tert-OH is 2. The average Bonchev–Trinajstić information content (AvgIpc) is 3.46. The van der Waals surface area contributed by atoms with Crippen LogP contribution in [0.2, 0.25) is 0 Å². The van der Waals surface area contributed by atoms with Crippen LogP contribution in [0.3, 0.4) is 0 Å². The van der Waals surface area contributed by atoms with E-state index in [9.17, 15) is 19.8 Å². The smallest absolute Gasteiger partial charge is 0.247 e. The van der Waals surface area contributed by atoms with Gasteiger partial charge in [-0.25, -0.2) is 0 Å². The van der Waals surface area contributed by atoms with E-state index in [2.05, 4.69) is 5.32 Å². The summed E-state index contributed by atoms with van der Waals surface area (Å²) >= 11 is 0. The highest BCUT2D eigenvalue weighted by molar-refractivity contribution is 5.96. The van der Waals surface area contributed by atoms with Crippen molar-refractivity contribution >= 4 is 11.8 Å². The van der Waals surface area contributed by atoms with Gasteiger partial charge in [-0.1, -0.05) is 31.0 Å². The zero-order chi connectivity index (χ0) is 22.7. The fourth-order valence-electron chi connectivity index (χ4n) is 5.28. The summed E-state index contributed by atoms with van der Waals surface area (Å²) in [5.74, 6) is -0.207. The zero-order valence-electron chi connectivity index (χ0n) is 18.4. The van der Waals surface area contributed by atoms with Gasteiger partial charge in [0.25, 0.3) is 0 Å². The quantitative estimate of drug-likeness (QED) is 0.555. The van der Waals surface area contributed by atoms with Crippen LogP contribution in [-0.4, -0.2) is 78.1 Å². The van der Waals surface area contributed by atoms with Crippen molar-refractivity contribution in [2.24, 2.45) is 0 Å². The van der Waals surface area contributed by atoms with Crippen molar-refractivity contribution in [3.05, 3.63) is 41.5 Å². The van der Waals surface area contributed by atoms with Gasteiger partial charge in [0.05, 0.1) is 31.6 Å². The Morgan fingerprint density at radius 1 is 1.25 bits per heavy atom. The normalized spacial score (nSPS) is 26.7. The van der Waals surface area contributed by atoms with Gasteiger partial charge in [-0.3, -0.25) is 9.59 Å². The fourth-order valence-corrected chi connectivity index (χ4v) is 5.28. The molecular weight excluding hydrogens is 412 g/mol. The van der Waals surface area contributed by atoms with Crippen LogP contribution >= 0.6 is 0 Å². The summed E-state index contributed by atoms with van der Waals surface area (Å²) in [5, 5.41) is 23.3. The van der Waals surface area contributed by atoms with Crippen LogP contribution in [0.25, 0.3) is 0 Å². The van der Waals surface area contributed by atoms with Crippen LogP contribution < -0.4 is 10.1 Å². The molecule has 1 aromatic carbocycles. The third-order valence-electron chi connectivity index (χ3n) is 6.72. The average molecular weight is 445 g/mol. The fraction of sp³-hybridized carbons (Fsp3) is 0.583. The van der Waals surface area contributed by atoms with E-state index >= 15 is 0 Å². The largest absolute Gasteiger partial charge is 0.486 e. The number of nitrogens with one attached hydrogen (secondary N) is 1. The highest BCUT2D eigenvalue weighted by Crippen LogP contribution is 2.47. The second kappa shape index (κ2) is 10.0. The summed E-state index contributed by atoms with van der Waals surface area (Å²) in [4.78, 5) is 28.1. The molecule has 174 valence electrons. The molecular formula is C24H32N2O6. The lowest BCUT2D eigenvalue weighted by atomic mass is 9.77. The van der Waals surface area contributed by atoms with Crippen molar-refractivity contribution in [3.8, 4) is 5.75 Å². The van der Waals surface area contributed by atoms with E-state index in [-0.39, 0.29) is 37.4 Å². The first-order valence-corrected chi connectivity index (χ1v) is 11.4. The summed E-state index contributed by atoms with van der Waals surface area (Å²) in [6.07, 6.45) is 4.11. The van der Waals surface area contributed by atoms with Gasteiger partial charge in [0, 0.05) is 30.8 Å². The van der Waals surface area contributed by atoms with Crippen molar-refractivity contribution < 1.29 is 29.3 Å². The third kappa shape index (κ3) is 4.27. The monoisotopic (exact) mass is 444 g/mol. The van der Waals surface area contributed by atoms with Crippen LogP contribution in [0.5, 0.6) is 5.75 Å². The zero-order valence-corrected chi connectivity index (χ0v) is 18.4. The number of fused-ring (bicyclic) bond motifs is 3. The SMILES string of the molecule is COCCC(=O)N(C1CCCC1)C1C=C(C(=O)NCCO)C2c3ccccc3OC2C1O. The van der Waals surface area contributed by atoms with Crippen molar-refractivity contribution in [3.63, 3.8) is 0 Å². The summed E-state index contributed by atoms with van der Waals surface area (Å²) < 4.78 is 11.2. The summed E-state index contributed by atoms with van der Waals surface area (Å²) in [5.41, 5.74) is 1.31. The first-order valence-electron chi connectivity index (χ1n) is 11.4. The molecule has 32 heavy (non-hydrogen) atoms. The third-order valence-corrected chi connectivity index (χ3v) is 6.72. The minimum absolute atomic E-state index is 0.0114. The standard InChI is InChI=1S/C24H32N2O6/c1-31-13-10-20(28)26(15-6-2-3-7-15)18-14-17(24(30)25-11-12-27)21-16-8-4-5-9-19(16)32-23(21)22(18)29/h4-5,8-9,14-15,18,21-23,27,29H,2-3,6-7,10-13H2,1H3,(H,25,30). The van der Waals surface area contributed by atoms with E-state index in [1.54, 1.807) is 18.1 Å². The molecule has 8 nitrogen and oxygen atoms in total. The number of aliphatic hydroxyl groups is 2. The Labute approximate surface area is 188 Å². The molecule has 3 aliphatic rings. The van der Waals surface area contributed by atoms with E-state index in [0.29, 0.717) is 17.9 Å². The lowest BCUT2D eigenvalue weighted by Crippen LogP contribution is -2.58. The molecule has 0 aromatic heterocycles. The summed E-state index contributed by atoms with van der Waals surface area (Å²) in [6, 6.07) is 6.81. The van der Waals surface area contributed by atoms with Gasteiger partial charge >= 0.3 is 0 Å². The Kier molecular flexibility index (Phi) is 7.13. The van der Waals surface area contributed by atoms with Crippen LogP contribution in [0.4, 0.5) is 0 Å². The number of ether oxygens (including phenoxy) is 2. The van der Waals surface area contributed by atoms with Crippen LogP contribution in [0.1, 0.15) is 43.6 Å². The number of carbonyl (C=O) groups is 2. The van der Waals surface area contributed by atoms with E-state index in [1.165, 1.54) is 0 Å². The summed E-state index contributed by atoms with van der Waals surface area (Å²) in [6.45, 7) is 0.255. The van der Waals surface area contributed by atoms with Crippen LogP contribution in [0, 0.1) is 0 Å². The van der Waals surface area contributed by atoms with Crippen molar-refractivity contribution in [1.82, 2.24) is 10.2 Å². The number of hydrogen-bond acceptors (Lipinski definition) is 6. The van der Waals surface area contributed by atoms with Gasteiger partial charge in [-0.05, 0) is 25.0 Å². The molecule has 2 amide bonds. The number of rotatable bonds is 8. The molecule has 1 saturated carbocycles. The highest BCUT2D eigenvalue weighted by Gasteiger charge is 2.51. The Morgan fingerprint density at radius 2 is 2.00 bits per heavy atom. The second-order valence-electron chi connectivity index (χ2n) is 8.66. The molecule has 8 heteroatoms. The molecule has 0 saturated heterocycles. The number of carbonyl (C=O) groups excluding carboxylic acids is 2. The first-order chi connectivity index (χ1) is 15.6. The van der Waals surface area contributed by atoms with Gasteiger partial charge in [0.1, 0.15) is 18.0 Å². The molecule has 1 fully saturated rings. The van der Waals surface area contributed by atoms with E-state index in [4.69, 9.17) is 9.47 Å². The molecule has 0 radical (unpaired) electrons. The van der Waals surface area contributed by atoms with Gasteiger partial charge in [-0.2, -0.15) is 0 Å². The van der Waals surface area contributed by atoms with Crippen molar-refractivity contribution in [1.29, 1.82) is 0 Å². The molecule has 4 rings (SSSR count). The number of amides is 2. The van der Waals surface area contributed by atoms with Gasteiger partial charge in [0.2, 0.25) is 11.8 Å².